The summed E-state index contributed by atoms with van der Waals surface area (Å²) in [7, 11) is 0. The molecule has 0 saturated carbocycles. The molecular formula is C15H23ClN4. The molecule has 4 nitrogen and oxygen atoms in total. The molecule has 0 atom stereocenters. The SMILES string of the molecule is CCN(CC)CCn1c(CCN)nc2cc(Cl)ccc21. The van der Waals surface area contributed by atoms with E-state index in [1.54, 1.807) is 0 Å². The lowest BCUT2D eigenvalue weighted by Gasteiger charge is -2.19. The van der Waals surface area contributed by atoms with Gasteiger partial charge in [0.15, 0.2) is 0 Å². The zero-order valence-corrected chi connectivity index (χ0v) is 13.0. The highest BCUT2D eigenvalue weighted by atomic mass is 35.5. The average molecular weight is 295 g/mol. The van der Waals surface area contributed by atoms with Crippen LogP contribution in [0.5, 0.6) is 0 Å². The molecule has 1 heterocycles. The van der Waals surface area contributed by atoms with Crippen LogP contribution in [0.25, 0.3) is 11.0 Å². The molecule has 1 aromatic carbocycles. The van der Waals surface area contributed by atoms with Crippen molar-refractivity contribution in [3.63, 3.8) is 0 Å². The van der Waals surface area contributed by atoms with Crippen molar-refractivity contribution in [3.05, 3.63) is 29.0 Å². The molecule has 0 aliphatic heterocycles. The fourth-order valence-corrected chi connectivity index (χ4v) is 2.67. The minimum atomic E-state index is 0.613. The van der Waals surface area contributed by atoms with E-state index in [1.165, 1.54) is 0 Å². The van der Waals surface area contributed by atoms with Crippen LogP contribution in [-0.4, -0.2) is 40.6 Å². The lowest BCUT2D eigenvalue weighted by Crippen LogP contribution is -2.27. The molecule has 0 aliphatic rings. The van der Waals surface area contributed by atoms with Crippen molar-refractivity contribution in [1.29, 1.82) is 0 Å². The first-order chi connectivity index (χ1) is 9.69. The van der Waals surface area contributed by atoms with E-state index in [4.69, 9.17) is 17.3 Å². The standard InChI is InChI=1S/C15H23ClN4/c1-3-19(4-2)9-10-20-14-6-5-12(16)11-13(14)18-15(20)7-8-17/h5-6,11H,3-4,7-10,17H2,1-2H3. The van der Waals surface area contributed by atoms with Crippen LogP contribution >= 0.6 is 11.6 Å². The highest BCUT2D eigenvalue weighted by molar-refractivity contribution is 6.31. The van der Waals surface area contributed by atoms with Crippen LogP contribution in [0.15, 0.2) is 18.2 Å². The average Bonchev–Trinajstić information content (AvgIpc) is 2.77. The lowest BCUT2D eigenvalue weighted by atomic mass is 10.3. The molecule has 0 fully saturated rings. The minimum absolute atomic E-state index is 0.613. The van der Waals surface area contributed by atoms with Crippen LogP contribution < -0.4 is 5.73 Å². The highest BCUT2D eigenvalue weighted by Crippen LogP contribution is 2.21. The number of likely N-dealkylation sites (N-methyl/N-ethyl adjacent to an activating group) is 1. The first-order valence-electron chi connectivity index (χ1n) is 7.26. The van der Waals surface area contributed by atoms with Crippen molar-refractivity contribution < 1.29 is 0 Å². The van der Waals surface area contributed by atoms with Crippen LogP contribution in [0, 0.1) is 0 Å². The predicted molar refractivity (Wildman–Crippen MR) is 85.3 cm³/mol. The lowest BCUT2D eigenvalue weighted by molar-refractivity contribution is 0.290. The Morgan fingerprint density at radius 1 is 1.30 bits per heavy atom. The third-order valence-electron chi connectivity index (χ3n) is 3.69. The van der Waals surface area contributed by atoms with Gasteiger partial charge in [-0.3, -0.25) is 0 Å². The van der Waals surface area contributed by atoms with E-state index in [-0.39, 0.29) is 0 Å². The van der Waals surface area contributed by atoms with Gasteiger partial charge in [-0.15, -0.1) is 0 Å². The molecule has 2 aromatic rings. The molecule has 0 spiro atoms. The molecule has 2 rings (SSSR count). The summed E-state index contributed by atoms with van der Waals surface area (Å²) in [5.74, 6) is 1.05. The minimum Gasteiger partial charge on any atom is -0.330 e. The summed E-state index contributed by atoms with van der Waals surface area (Å²) in [5, 5.41) is 0.727. The summed E-state index contributed by atoms with van der Waals surface area (Å²) in [5.41, 5.74) is 7.80. The van der Waals surface area contributed by atoms with E-state index in [2.05, 4.69) is 28.3 Å². The Labute approximate surface area is 125 Å². The molecule has 0 radical (unpaired) electrons. The maximum absolute atomic E-state index is 6.05. The van der Waals surface area contributed by atoms with E-state index in [0.29, 0.717) is 6.54 Å². The molecule has 0 aliphatic carbocycles. The van der Waals surface area contributed by atoms with Crippen molar-refractivity contribution in [2.45, 2.75) is 26.8 Å². The van der Waals surface area contributed by atoms with Gasteiger partial charge in [0.05, 0.1) is 11.0 Å². The molecule has 1 aromatic heterocycles. The molecule has 0 bridgehead atoms. The van der Waals surface area contributed by atoms with Crippen LogP contribution in [0.4, 0.5) is 0 Å². The number of nitrogens with zero attached hydrogens (tertiary/aromatic N) is 3. The number of rotatable bonds is 7. The number of benzene rings is 1. The summed E-state index contributed by atoms with van der Waals surface area (Å²) in [6.45, 7) is 9.10. The fraction of sp³-hybridized carbons (Fsp3) is 0.533. The normalized spacial score (nSPS) is 11.7. The highest BCUT2D eigenvalue weighted by Gasteiger charge is 2.11. The Balaban J connectivity index is 2.30. The van der Waals surface area contributed by atoms with Gasteiger partial charge in [0, 0.05) is 24.5 Å². The van der Waals surface area contributed by atoms with Gasteiger partial charge < -0.3 is 15.2 Å². The van der Waals surface area contributed by atoms with Gasteiger partial charge in [-0.2, -0.15) is 0 Å². The van der Waals surface area contributed by atoms with Crippen molar-refractivity contribution in [2.24, 2.45) is 5.73 Å². The second-order valence-corrected chi connectivity index (χ2v) is 5.31. The molecule has 0 unspecified atom stereocenters. The fourth-order valence-electron chi connectivity index (χ4n) is 2.50. The van der Waals surface area contributed by atoms with Gasteiger partial charge in [-0.25, -0.2) is 4.98 Å². The van der Waals surface area contributed by atoms with Crippen LogP contribution in [-0.2, 0) is 13.0 Å². The van der Waals surface area contributed by atoms with E-state index in [9.17, 15) is 0 Å². The van der Waals surface area contributed by atoms with E-state index < -0.39 is 0 Å². The maximum Gasteiger partial charge on any atom is 0.111 e. The maximum atomic E-state index is 6.05. The van der Waals surface area contributed by atoms with E-state index >= 15 is 0 Å². The number of halogens is 1. The quantitative estimate of drug-likeness (QED) is 0.853. The third kappa shape index (κ3) is 3.32. The zero-order chi connectivity index (χ0) is 14.5. The predicted octanol–water partition coefficient (Wildman–Crippen LogP) is 2.53. The molecule has 0 saturated heterocycles. The second-order valence-electron chi connectivity index (χ2n) is 4.88. The summed E-state index contributed by atoms with van der Waals surface area (Å²) in [4.78, 5) is 7.08. The number of imidazole rings is 1. The molecular weight excluding hydrogens is 272 g/mol. The third-order valence-corrected chi connectivity index (χ3v) is 3.93. The Kier molecular flexibility index (Phi) is 5.40. The van der Waals surface area contributed by atoms with Crippen LogP contribution in [0.3, 0.4) is 0 Å². The Morgan fingerprint density at radius 3 is 2.70 bits per heavy atom. The van der Waals surface area contributed by atoms with Crippen LogP contribution in [0.2, 0.25) is 5.02 Å². The van der Waals surface area contributed by atoms with Gasteiger partial charge in [0.25, 0.3) is 0 Å². The number of nitrogens with two attached hydrogens (primary N) is 1. The Bertz CT molecular complexity index is 560. The second kappa shape index (κ2) is 7.07. The van der Waals surface area contributed by atoms with Gasteiger partial charge >= 0.3 is 0 Å². The van der Waals surface area contributed by atoms with Crippen molar-refractivity contribution in [1.82, 2.24) is 14.5 Å². The van der Waals surface area contributed by atoms with Gasteiger partial charge in [-0.1, -0.05) is 25.4 Å². The molecule has 0 amide bonds. The van der Waals surface area contributed by atoms with Crippen LogP contribution in [0.1, 0.15) is 19.7 Å². The monoisotopic (exact) mass is 294 g/mol. The topological polar surface area (TPSA) is 47.1 Å². The van der Waals surface area contributed by atoms with E-state index in [0.717, 1.165) is 54.5 Å². The van der Waals surface area contributed by atoms with Gasteiger partial charge in [0.2, 0.25) is 0 Å². The Morgan fingerprint density at radius 2 is 2.05 bits per heavy atom. The largest absolute Gasteiger partial charge is 0.330 e. The van der Waals surface area contributed by atoms with Crippen molar-refractivity contribution >= 4 is 22.6 Å². The Hall–Kier alpha value is -1.10. The number of hydrogen-bond donors (Lipinski definition) is 1. The summed E-state index contributed by atoms with van der Waals surface area (Å²) in [6, 6.07) is 5.89. The molecule has 110 valence electrons. The van der Waals surface area contributed by atoms with Crippen molar-refractivity contribution in [3.8, 4) is 0 Å². The van der Waals surface area contributed by atoms with E-state index in [1.807, 2.05) is 18.2 Å². The van der Waals surface area contributed by atoms with Crippen molar-refractivity contribution in [2.75, 3.05) is 26.2 Å². The summed E-state index contributed by atoms with van der Waals surface area (Å²) >= 11 is 6.05. The summed E-state index contributed by atoms with van der Waals surface area (Å²) < 4.78 is 2.27. The number of aromatic nitrogens is 2. The molecule has 20 heavy (non-hydrogen) atoms. The first-order valence-corrected chi connectivity index (χ1v) is 7.64. The molecule has 2 N–H and O–H groups in total. The number of hydrogen-bond acceptors (Lipinski definition) is 3. The van der Waals surface area contributed by atoms with Gasteiger partial charge in [0.1, 0.15) is 5.82 Å². The van der Waals surface area contributed by atoms with Gasteiger partial charge in [-0.05, 0) is 37.8 Å². The molecule has 5 heteroatoms. The number of fused-ring (bicyclic) bond motifs is 1. The smallest absolute Gasteiger partial charge is 0.111 e. The summed E-state index contributed by atoms with van der Waals surface area (Å²) in [6.07, 6.45) is 0.796. The first kappa shape index (κ1) is 15.3. The zero-order valence-electron chi connectivity index (χ0n) is 12.3.